The van der Waals surface area contributed by atoms with Crippen molar-refractivity contribution in [1.29, 1.82) is 0 Å². The summed E-state index contributed by atoms with van der Waals surface area (Å²) in [6.45, 7) is 6.26. The smallest absolute Gasteiger partial charge is 0.229 e. The summed E-state index contributed by atoms with van der Waals surface area (Å²) in [6.07, 6.45) is 3.70. The van der Waals surface area contributed by atoms with Gasteiger partial charge in [0, 0.05) is 37.4 Å². The molecule has 36 heavy (non-hydrogen) atoms. The SMILES string of the molecule is CC(C)c1cnn2c(NCc3ccc(Oc4ccc(F)c(Cl)c4)cc3)nc(NC3CCOCC3)nc12. The second kappa shape index (κ2) is 10.7. The topological polar surface area (TPSA) is 85.6 Å². The molecule has 3 heterocycles. The Kier molecular flexibility index (Phi) is 7.20. The summed E-state index contributed by atoms with van der Waals surface area (Å²) in [5, 5.41) is 11.4. The molecule has 0 spiro atoms. The number of benzene rings is 2. The van der Waals surface area contributed by atoms with Gasteiger partial charge in [0.05, 0.1) is 11.2 Å². The molecule has 8 nitrogen and oxygen atoms in total. The standard InChI is InChI=1S/C26H28ClFN6O2/c1-16(2)21-15-30-34-24(21)32-25(31-18-9-11-35-12-10-18)33-26(34)29-14-17-3-5-19(6-4-17)36-20-7-8-23(28)22(27)13-20/h3-8,13,15-16,18H,9-12,14H2,1-2H3,(H2,29,31,32,33). The summed E-state index contributed by atoms with van der Waals surface area (Å²) in [5.74, 6) is 2.10. The largest absolute Gasteiger partial charge is 0.457 e. The van der Waals surface area contributed by atoms with E-state index < -0.39 is 5.82 Å². The Hall–Kier alpha value is -3.43. The average Bonchev–Trinajstić information content (AvgIpc) is 3.31. The van der Waals surface area contributed by atoms with Gasteiger partial charge < -0.3 is 20.1 Å². The number of nitrogens with one attached hydrogen (secondary N) is 2. The van der Waals surface area contributed by atoms with Crippen LogP contribution in [0.1, 0.15) is 43.7 Å². The number of anilines is 2. The minimum Gasteiger partial charge on any atom is -0.457 e. The van der Waals surface area contributed by atoms with Gasteiger partial charge in [-0.1, -0.05) is 37.6 Å². The van der Waals surface area contributed by atoms with Gasteiger partial charge in [-0.25, -0.2) is 4.39 Å². The van der Waals surface area contributed by atoms with Crippen LogP contribution in [0.4, 0.5) is 16.3 Å². The fourth-order valence-corrected chi connectivity index (χ4v) is 4.21. The number of fused-ring (bicyclic) bond motifs is 1. The molecule has 1 aliphatic rings. The summed E-state index contributed by atoms with van der Waals surface area (Å²) in [4.78, 5) is 9.51. The number of hydrogen-bond donors (Lipinski definition) is 2. The van der Waals surface area contributed by atoms with Crippen LogP contribution in [0.3, 0.4) is 0 Å². The summed E-state index contributed by atoms with van der Waals surface area (Å²) in [5.41, 5.74) is 2.89. The van der Waals surface area contributed by atoms with Crippen molar-refractivity contribution in [2.24, 2.45) is 0 Å². The number of halogens is 2. The monoisotopic (exact) mass is 510 g/mol. The van der Waals surface area contributed by atoms with Gasteiger partial charge in [-0.15, -0.1) is 0 Å². The lowest BCUT2D eigenvalue weighted by atomic mass is 10.1. The van der Waals surface area contributed by atoms with Crippen LogP contribution in [-0.2, 0) is 11.3 Å². The van der Waals surface area contributed by atoms with E-state index >= 15 is 0 Å². The first kappa shape index (κ1) is 24.3. The minimum absolute atomic E-state index is 0.0226. The van der Waals surface area contributed by atoms with Crippen molar-refractivity contribution in [2.75, 3.05) is 23.8 Å². The van der Waals surface area contributed by atoms with E-state index in [4.69, 9.17) is 31.0 Å². The van der Waals surface area contributed by atoms with Crippen LogP contribution in [0.5, 0.6) is 11.5 Å². The van der Waals surface area contributed by atoms with Gasteiger partial charge in [0.2, 0.25) is 11.9 Å². The second-order valence-corrected chi connectivity index (χ2v) is 9.47. The Bertz CT molecular complexity index is 1340. The van der Waals surface area contributed by atoms with E-state index in [1.807, 2.05) is 30.5 Å². The fraction of sp³-hybridized carbons (Fsp3) is 0.346. The quantitative estimate of drug-likeness (QED) is 0.299. The van der Waals surface area contributed by atoms with E-state index in [0.717, 1.165) is 42.8 Å². The first-order valence-electron chi connectivity index (χ1n) is 12.0. The number of aromatic nitrogens is 4. The average molecular weight is 511 g/mol. The van der Waals surface area contributed by atoms with Crippen molar-refractivity contribution < 1.29 is 13.9 Å². The number of ether oxygens (including phenoxy) is 2. The van der Waals surface area contributed by atoms with Crippen molar-refractivity contribution in [3.63, 3.8) is 0 Å². The molecule has 0 amide bonds. The van der Waals surface area contributed by atoms with E-state index in [2.05, 4.69) is 29.6 Å². The summed E-state index contributed by atoms with van der Waals surface area (Å²) < 4.78 is 26.4. The molecule has 0 bridgehead atoms. The van der Waals surface area contributed by atoms with Crippen molar-refractivity contribution >= 4 is 29.1 Å². The zero-order valence-corrected chi connectivity index (χ0v) is 20.9. The van der Waals surface area contributed by atoms with Crippen LogP contribution in [0, 0.1) is 5.82 Å². The Morgan fingerprint density at radius 3 is 2.58 bits per heavy atom. The molecule has 0 aliphatic carbocycles. The lowest BCUT2D eigenvalue weighted by Crippen LogP contribution is -2.29. The van der Waals surface area contributed by atoms with Gasteiger partial charge in [0.15, 0.2) is 5.65 Å². The highest BCUT2D eigenvalue weighted by atomic mass is 35.5. The van der Waals surface area contributed by atoms with Crippen molar-refractivity contribution in [1.82, 2.24) is 19.6 Å². The number of hydrogen-bond acceptors (Lipinski definition) is 7. The third-order valence-electron chi connectivity index (χ3n) is 6.07. The maximum Gasteiger partial charge on any atom is 0.229 e. The molecule has 2 N–H and O–H groups in total. The van der Waals surface area contributed by atoms with Gasteiger partial charge >= 0.3 is 0 Å². The molecule has 0 radical (unpaired) electrons. The highest BCUT2D eigenvalue weighted by molar-refractivity contribution is 6.30. The molecule has 1 saturated heterocycles. The van der Waals surface area contributed by atoms with Crippen LogP contribution < -0.4 is 15.4 Å². The molecule has 0 atom stereocenters. The molecule has 188 valence electrons. The van der Waals surface area contributed by atoms with Crippen LogP contribution >= 0.6 is 11.6 Å². The van der Waals surface area contributed by atoms with Crippen molar-refractivity contribution in [2.45, 2.75) is 45.2 Å². The molecular formula is C26H28ClFN6O2. The van der Waals surface area contributed by atoms with Crippen LogP contribution in [0.25, 0.3) is 5.65 Å². The van der Waals surface area contributed by atoms with Gasteiger partial charge in [0.25, 0.3) is 0 Å². The van der Waals surface area contributed by atoms with Gasteiger partial charge in [-0.2, -0.15) is 19.6 Å². The van der Waals surface area contributed by atoms with E-state index in [-0.39, 0.29) is 17.0 Å². The normalized spacial score (nSPS) is 14.4. The maximum absolute atomic E-state index is 13.4. The first-order valence-corrected chi connectivity index (χ1v) is 12.4. The van der Waals surface area contributed by atoms with E-state index in [0.29, 0.717) is 29.9 Å². The highest BCUT2D eigenvalue weighted by Gasteiger charge is 2.19. The first-order chi connectivity index (χ1) is 17.5. The van der Waals surface area contributed by atoms with Crippen LogP contribution in [-0.4, -0.2) is 38.8 Å². The zero-order chi connectivity index (χ0) is 25.1. The zero-order valence-electron chi connectivity index (χ0n) is 20.2. The van der Waals surface area contributed by atoms with Gasteiger partial charge in [-0.3, -0.25) is 0 Å². The van der Waals surface area contributed by atoms with E-state index in [1.165, 1.54) is 12.1 Å². The Balaban J connectivity index is 1.32. The molecule has 2 aromatic heterocycles. The fourth-order valence-electron chi connectivity index (χ4n) is 4.04. The molecule has 5 rings (SSSR count). The lowest BCUT2D eigenvalue weighted by molar-refractivity contribution is 0.0903. The summed E-state index contributed by atoms with van der Waals surface area (Å²) in [7, 11) is 0. The molecule has 10 heteroatoms. The van der Waals surface area contributed by atoms with Crippen LogP contribution in [0.15, 0.2) is 48.7 Å². The van der Waals surface area contributed by atoms with Crippen molar-refractivity contribution in [3.05, 3.63) is 70.6 Å². The summed E-state index contributed by atoms with van der Waals surface area (Å²) >= 11 is 5.84. The Labute approximate surface area is 213 Å². The summed E-state index contributed by atoms with van der Waals surface area (Å²) in [6, 6.07) is 12.2. The molecule has 4 aromatic rings. The van der Waals surface area contributed by atoms with E-state index in [1.54, 1.807) is 10.6 Å². The molecule has 1 aliphatic heterocycles. The third-order valence-corrected chi connectivity index (χ3v) is 6.36. The Morgan fingerprint density at radius 1 is 1.11 bits per heavy atom. The third kappa shape index (κ3) is 5.52. The van der Waals surface area contributed by atoms with Crippen molar-refractivity contribution in [3.8, 4) is 11.5 Å². The second-order valence-electron chi connectivity index (χ2n) is 9.07. The maximum atomic E-state index is 13.4. The highest BCUT2D eigenvalue weighted by Crippen LogP contribution is 2.27. The Morgan fingerprint density at radius 2 is 1.86 bits per heavy atom. The molecular weight excluding hydrogens is 483 g/mol. The van der Waals surface area contributed by atoms with Gasteiger partial charge in [0.1, 0.15) is 17.3 Å². The number of nitrogens with zero attached hydrogens (tertiary/aromatic N) is 4. The van der Waals surface area contributed by atoms with Crippen LogP contribution in [0.2, 0.25) is 5.02 Å². The predicted molar refractivity (Wildman–Crippen MR) is 138 cm³/mol. The number of rotatable bonds is 8. The lowest BCUT2D eigenvalue weighted by Gasteiger charge is -2.23. The molecule has 0 saturated carbocycles. The molecule has 0 unspecified atom stereocenters. The molecule has 1 fully saturated rings. The molecule has 2 aromatic carbocycles. The van der Waals surface area contributed by atoms with Gasteiger partial charge in [-0.05, 0) is 48.6 Å². The van der Waals surface area contributed by atoms with E-state index in [9.17, 15) is 4.39 Å². The minimum atomic E-state index is -0.479. The predicted octanol–water partition coefficient (Wildman–Crippen LogP) is 6.04.